The second kappa shape index (κ2) is 11.5. The fourth-order valence-electron chi connectivity index (χ4n) is 2.61. The van der Waals surface area contributed by atoms with Gasteiger partial charge in [0.2, 0.25) is 6.79 Å². The summed E-state index contributed by atoms with van der Waals surface area (Å²) >= 11 is 0. The largest absolute Gasteiger partial charge is 0.490 e. The molecule has 2 rings (SSSR count). The van der Waals surface area contributed by atoms with Gasteiger partial charge >= 0.3 is 12.1 Å². The third kappa shape index (κ3) is 7.10. The quantitative estimate of drug-likeness (QED) is 0.485. The van der Waals surface area contributed by atoms with Gasteiger partial charge in [-0.1, -0.05) is 26.0 Å². The minimum Gasteiger partial charge on any atom is -0.490 e. The van der Waals surface area contributed by atoms with Gasteiger partial charge in [0.1, 0.15) is 18.8 Å². The highest BCUT2D eigenvalue weighted by molar-refractivity contribution is 5.76. The van der Waals surface area contributed by atoms with Crippen molar-refractivity contribution in [2.45, 2.75) is 32.9 Å². The van der Waals surface area contributed by atoms with Crippen LogP contribution < -0.4 is 15.2 Å². The number of hydrogen-bond acceptors (Lipinski definition) is 8. The Balaban J connectivity index is 1.77. The minimum absolute atomic E-state index is 0.0638. The van der Waals surface area contributed by atoms with E-state index in [1.165, 1.54) is 4.90 Å². The van der Waals surface area contributed by atoms with E-state index in [4.69, 9.17) is 29.4 Å². The summed E-state index contributed by atoms with van der Waals surface area (Å²) in [7, 11) is 0. The van der Waals surface area contributed by atoms with Gasteiger partial charge in [0.25, 0.3) is 0 Å². The molecule has 1 amide bonds. The summed E-state index contributed by atoms with van der Waals surface area (Å²) < 4.78 is 26.9. The van der Waals surface area contributed by atoms with Crippen molar-refractivity contribution in [3.8, 4) is 11.5 Å². The SMILES string of the molecule is CCOc1ccccc1OC[C@H]1CN(C(=O)OCOC(=O)[C@H](N)C(C)C)CCO1. The van der Waals surface area contributed by atoms with E-state index in [0.717, 1.165) is 0 Å². The lowest BCUT2D eigenvalue weighted by Crippen LogP contribution is -2.48. The highest BCUT2D eigenvalue weighted by Gasteiger charge is 2.27. The summed E-state index contributed by atoms with van der Waals surface area (Å²) in [6.45, 7) is 6.87. The van der Waals surface area contributed by atoms with Crippen LogP contribution >= 0.6 is 0 Å². The fourth-order valence-corrected chi connectivity index (χ4v) is 2.61. The number of ether oxygens (including phenoxy) is 5. The van der Waals surface area contributed by atoms with Gasteiger partial charge < -0.3 is 34.3 Å². The van der Waals surface area contributed by atoms with Crippen molar-refractivity contribution in [3.05, 3.63) is 24.3 Å². The molecule has 1 aliphatic rings. The summed E-state index contributed by atoms with van der Waals surface area (Å²) in [5, 5.41) is 0. The van der Waals surface area contributed by atoms with Crippen LogP contribution in [0.3, 0.4) is 0 Å². The van der Waals surface area contributed by atoms with Crippen LogP contribution in [0.1, 0.15) is 20.8 Å². The van der Waals surface area contributed by atoms with Crippen molar-refractivity contribution in [1.82, 2.24) is 4.90 Å². The van der Waals surface area contributed by atoms with Crippen molar-refractivity contribution < 1.29 is 33.3 Å². The Bertz CT molecular complexity index is 668. The predicted molar refractivity (Wildman–Crippen MR) is 105 cm³/mol. The van der Waals surface area contributed by atoms with E-state index >= 15 is 0 Å². The lowest BCUT2D eigenvalue weighted by Gasteiger charge is -2.32. The van der Waals surface area contributed by atoms with Crippen LogP contribution in [0.2, 0.25) is 0 Å². The molecule has 2 atom stereocenters. The zero-order valence-electron chi connectivity index (χ0n) is 17.2. The first-order valence-electron chi connectivity index (χ1n) is 9.72. The van der Waals surface area contributed by atoms with E-state index in [0.29, 0.717) is 37.8 Å². The number of carbonyl (C=O) groups is 2. The van der Waals surface area contributed by atoms with Crippen LogP contribution in [-0.2, 0) is 19.0 Å². The molecule has 1 saturated heterocycles. The van der Waals surface area contributed by atoms with Gasteiger partial charge in [-0.2, -0.15) is 0 Å². The smallest absolute Gasteiger partial charge is 0.412 e. The Labute approximate surface area is 171 Å². The molecule has 9 nitrogen and oxygen atoms in total. The number of rotatable bonds is 9. The zero-order chi connectivity index (χ0) is 21.2. The molecule has 0 spiro atoms. The number of nitrogens with two attached hydrogens (primary N) is 1. The molecule has 1 fully saturated rings. The normalized spacial score (nSPS) is 17.6. The summed E-state index contributed by atoms with van der Waals surface area (Å²) in [4.78, 5) is 25.4. The monoisotopic (exact) mass is 410 g/mol. The van der Waals surface area contributed by atoms with Crippen molar-refractivity contribution >= 4 is 12.1 Å². The van der Waals surface area contributed by atoms with Crippen LogP contribution in [0.5, 0.6) is 11.5 Å². The first-order chi connectivity index (χ1) is 13.9. The molecule has 0 unspecified atom stereocenters. The number of amides is 1. The molecule has 0 aromatic heterocycles. The van der Waals surface area contributed by atoms with Gasteiger partial charge in [0.05, 0.1) is 19.8 Å². The van der Waals surface area contributed by atoms with Crippen molar-refractivity contribution in [2.75, 3.05) is 39.7 Å². The van der Waals surface area contributed by atoms with E-state index in [1.807, 2.05) is 31.2 Å². The third-order valence-corrected chi connectivity index (χ3v) is 4.34. The van der Waals surface area contributed by atoms with E-state index in [-0.39, 0.29) is 18.6 Å². The maximum atomic E-state index is 12.2. The maximum Gasteiger partial charge on any atom is 0.412 e. The first-order valence-corrected chi connectivity index (χ1v) is 9.72. The van der Waals surface area contributed by atoms with Gasteiger partial charge in [-0.3, -0.25) is 4.79 Å². The number of morpholine rings is 1. The van der Waals surface area contributed by atoms with E-state index in [1.54, 1.807) is 13.8 Å². The van der Waals surface area contributed by atoms with Crippen LogP contribution in [-0.4, -0.2) is 68.8 Å². The first kappa shape index (κ1) is 22.8. The molecule has 162 valence electrons. The topological polar surface area (TPSA) is 110 Å². The second-order valence-corrected chi connectivity index (χ2v) is 6.89. The highest BCUT2D eigenvalue weighted by Crippen LogP contribution is 2.26. The van der Waals surface area contributed by atoms with Crippen molar-refractivity contribution in [2.24, 2.45) is 11.7 Å². The number of hydrogen-bond donors (Lipinski definition) is 1. The number of para-hydroxylation sites is 2. The Hall–Kier alpha value is -2.52. The second-order valence-electron chi connectivity index (χ2n) is 6.89. The summed E-state index contributed by atoms with van der Waals surface area (Å²) in [6.07, 6.45) is -0.901. The van der Waals surface area contributed by atoms with Gasteiger partial charge in [0.15, 0.2) is 11.5 Å². The molecular weight excluding hydrogens is 380 g/mol. The zero-order valence-corrected chi connectivity index (χ0v) is 17.2. The molecule has 1 heterocycles. The number of esters is 1. The van der Waals surface area contributed by atoms with Crippen LogP contribution in [0.25, 0.3) is 0 Å². The molecular formula is C20H30N2O7. The minimum atomic E-state index is -0.752. The van der Waals surface area contributed by atoms with Crippen LogP contribution in [0.4, 0.5) is 4.79 Å². The average Bonchev–Trinajstić information content (AvgIpc) is 2.72. The van der Waals surface area contributed by atoms with Gasteiger partial charge in [-0.05, 0) is 25.0 Å². The number of nitrogens with zero attached hydrogens (tertiary/aromatic N) is 1. The molecule has 1 aromatic carbocycles. The Morgan fingerprint density at radius 2 is 1.90 bits per heavy atom. The lowest BCUT2D eigenvalue weighted by molar-refractivity contribution is -0.155. The molecule has 1 aliphatic heterocycles. The highest BCUT2D eigenvalue weighted by atomic mass is 16.7. The van der Waals surface area contributed by atoms with E-state index in [9.17, 15) is 9.59 Å². The fraction of sp³-hybridized carbons (Fsp3) is 0.600. The molecule has 1 aromatic rings. The van der Waals surface area contributed by atoms with Crippen LogP contribution in [0.15, 0.2) is 24.3 Å². The van der Waals surface area contributed by atoms with Crippen molar-refractivity contribution in [1.29, 1.82) is 0 Å². The molecule has 9 heteroatoms. The van der Waals surface area contributed by atoms with Gasteiger partial charge in [-0.15, -0.1) is 0 Å². The van der Waals surface area contributed by atoms with E-state index in [2.05, 4.69) is 0 Å². The summed E-state index contributed by atoms with van der Waals surface area (Å²) in [5.74, 6) is 0.606. The van der Waals surface area contributed by atoms with Crippen molar-refractivity contribution in [3.63, 3.8) is 0 Å². The standard InChI is InChI=1S/C20H30N2O7/c1-4-25-16-7-5-6-8-17(16)27-12-15-11-22(9-10-26-15)20(24)29-13-28-19(23)18(21)14(2)3/h5-8,14-15,18H,4,9-13,21H2,1-3H3/t15-,18-/m1/s1. The predicted octanol–water partition coefficient (Wildman–Crippen LogP) is 1.79. The van der Waals surface area contributed by atoms with Crippen LogP contribution in [0, 0.1) is 5.92 Å². The molecule has 0 aliphatic carbocycles. The van der Waals surface area contributed by atoms with Gasteiger partial charge in [-0.25, -0.2) is 4.79 Å². The van der Waals surface area contributed by atoms with E-state index < -0.39 is 24.9 Å². The lowest BCUT2D eigenvalue weighted by atomic mass is 10.1. The third-order valence-electron chi connectivity index (χ3n) is 4.34. The molecule has 29 heavy (non-hydrogen) atoms. The average molecular weight is 410 g/mol. The molecule has 0 saturated carbocycles. The Morgan fingerprint density at radius 3 is 2.55 bits per heavy atom. The number of benzene rings is 1. The summed E-state index contributed by atoms with van der Waals surface area (Å²) in [6, 6.07) is 6.62. The summed E-state index contributed by atoms with van der Waals surface area (Å²) in [5.41, 5.74) is 5.68. The molecule has 0 bridgehead atoms. The maximum absolute atomic E-state index is 12.2. The molecule has 2 N–H and O–H groups in total. The number of carbonyl (C=O) groups excluding carboxylic acids is 2. The molecule has 0 radical (unpaired) electrons. The van der Waals surface area contributed by atoms with Gasteiger partial charge in [0, 0.05) is 6.54 Å². The Kier molecular flexibility index (Phi) is 9.01. The Morgan fingerprint density at radius 1 is 1.21 bits per heavy atom.